The lowest BCUT2D eigenvalue weighted by Gasteiger charge is -1.97. The largest absolute Gasteiger partial charge is 0.477 e. The average molecular weight is 344 g/mol. The van der Waals surface area contributed by atoms with Crippen LogP contribution >= 0.6 is 11.3 Å². The number of aromatic nitrogens is 1. The molecule has 1 atom stereocenters. The Morgan fingerprint density at radius 3 is 2.58 bits per heavy atom. The molecule has 1 N–H and O–H groups in total. The van der Waals surface area contributed by atoms with Gasteiger partial charge in [-0.25, -0.2) is 14.2 Å². The lowest BCUT2D eigenvalue weighted by Crippen LogP contribution is -1.89. The number of carboxylic acid groups (broad SMARTS) is 1. The number of rotatable bonds is 4. The molecule has 6 heteroatoms. The highest BCUT2D eigenvalue weighted by Crippen LogP contribution is 2.22. The van der Waals surface area contributed by atoms with Crippen molar-refractivity contribution in [2.45, 2.75) is 19.8 Å². The molecule has 24 heavy (non-hydrogen) atoms. The number of nitrogens with zero attached hydrogens (tertiary/aromatic N) is 2. The van der Waals surface area contributed by atoms with Crippen LogP contribution in [-0.2, 0) is 0 Å². The van der Waals surface area contributed by atoms with Gasteiger partial charge in [-0.1, -0.05) is 37.3 Å². The van der Waals surface area contributed by atoms with Crippen molar-refractivity contribution in [3.05, 3.63) is 70.0 Å². The van der Waals surface area contributed by atoms with E-state index in [4.69, 9.17) is 10.4 Å². The number of thiazole rings is 1. The van der Waals surface area contributed by atoms with Crippen molar-refractivity contribution in [1.29, 1.82) is 5.26 Å². The van der Waals surface area contributed by atoms with Crippen LogP contribution in [0.2, 0.25) is 0 Å². The third-order valence-corrected chi connectivity index (χ3v) is 4.00. The van der Waals surface area contributed by atoms with Crippen molar-refractivity contribution in [1.82, 2.24) is 4.98 Å². The Balaban J connectivity index is 0.000000254. The molecule has 1 aromatic carbocycles. The van der Waals surface area contributed by atoms with E-state index >= 15 is 0 Å². The Kier molecular flexibility index (Phi) is 8.09. The number of allylic oxidation sites excluding steroid dienone is 3. The van der Waals surface area contributed by atoms with Gasteiger partial charge >= 0.3 is 5.97 Å². The molecule has 0 aliphatic heterocycles. The van der Waals surface area contributed by atoms with Crippen LogP contribution in [0.25, 0.3) is 6.08 Å². The first-order chi connectivity index (χ1) is 11.5. The standard InChI is InChI=1S/C9H9F.C9H8N2O2S/c1-2-3-8-4-6-9(10)7-5-8;1-6(3-2-4-10)8-11-5-7(14-8)9(12)13/h2-7H,1H3;2-3,5-6H,1H3,(H,12,13)/b2*3-2+. The number of halogens is 1. The zero-order chi connectivity index (χ0) is 17.9. The fourth-order valence-corrected chi connectivity index (χ4v) is 2.42. The van der Waals surface area contributed by atoms with E-state index in [9.17, 15) is 9.18 Å². The third-order valence-electron chi connectivity index (χ3n) is 2.81. The second-order valence-corrected chi connectivity index (χ2v) is 5.76. The molecule has 1 aromatic heterocycles. The van der Waals surface area contributed by atoms with E-state index in [1.165, 1.54) is 24.4 Å². The van der Waals surface area contributed by atoms with E-state index in [-0.39, 0.29) is 16.6 Å². The number of aromatic carboxylic acids is 1. The minimum Gasteiger partial charge on any atom is -0.477 e. The number of carbonyl (C=O) groups is 1. The van der Waals surface area contributed by atoms with E-state index in [1.54, 1.807) is 18.2 Å². The van der Waals surface area contributed by atoms with Crippen LogP contribution < -0.4 is 0 Å². The van der Waals surface area contributed by atoms with Crippen molar-refractivity contribution >= 4 is 23.4 Å². The molecule has 1 heterocycles. The van der Waals surface area contributed by atoms with Crippen LogP contribution in [0.4, 0.5) is 4.39 Å². The van der Waals surface area contributed by atoms with Crippen molar-refractivity contribution in [2.24, 2.45) is 0 Å². The zero-order valence-electron chi connectivity index (χ0n) is 13.3. The van der Waals surface area contributed by atoms with Gasteiger partial charge in [0.15, 0.2) is 0 Å². The molecule has 0 fully saturated rings. The second kappa shape index (κ2) is 10.1. The molecule has 124 valence electrons. The van der Waals surface area contributed by atoms with Gasteiger partial charge in [0.05, 0.1) is 17.3 Å². The van der Waals surface area contributed by atoms with E-state index in [0.29, 0.717) is 5.01 Å². The highest BCUT2D eigenvalue weighted by atomic mass is 32.1. The molecule has 2 rings (SSSR count). The predicted octanol–water partition coefficient (Wildman–Crippen LogP) is 4.88. The van der Waals surface area contributed by atoms with Crippen LogP contribution in [0.5, 0.6) is 0 Å². The predicted molar refractivity (Wildman–Crippen MR) is 93.3 cm³/mol. The highest BCUT2D eigenvalue weighted by molar-refractivity contribution is 7.13. The lowest BCUT2D eigenvalue weighted by molar-refractivity contribution is 0.0702. The third kappa shape index (κ3) is 6.55. The number of hydrogen-bond acceptors (Lipinski definition) is 4. The monoisotopic (exact) mass is 344 g/mol. The molecule has 0 saturated carbocycles. The van der Waals surface area contributed by atoms with Crippen molar-refractivity contribution in [2.75, 3.05) is 0 Å². The summed E-state index contributed by atoms with van der Waals surface area (Å²) in [6.45, 7) is 3.79. The maximum atomic E-state index is 12.3. The van der Waals surface area contributed by atoms with Crippen LogP contribution in [0, 0.1) is 17.1 Å². The fourth-order valence-electron chi connectivity index (χ4n) is 1.63. The molecule has 0 aliphatic carbocycles. The summed E-state index contributed by atoms with van der Waals surface area (Å²) < 4.78 is 12.3. The topological polar surface area (TPSA) is 74.0 Å². The molecule has 0 aliphatic rings. The van der Waals surface area contributed by atoms with Crippen LogP contribution in [0.1, 0.15) is 40.0 Å². The molecular formula is C18H17FN2O2S. The summed E-state index contributed by atoms with van der Waals surface area (Å²) in [5, 5.41) is 17.7. The molecule has 0 saturated heterocycles. The molecular weight excluding hydrogens is 327 g/mol. The average Bonchev–Trinajstić information content (AvgIpc) is 3.06. The van der Waals surface area contributed by atoms with Crippen molar-refractivity contribution in [3.63, 3.8) is 0 Å². The fraction of sp³-hybridized carbons (Fsp3) is 0.167. The summed E-state index contributed by atoms with van der Waals surface area (Å²) in [7, 11) is 0. The molecule has 0 spiro atoms. The summed E-state index contributed by atoms with van der Waals surface area (Å²) >= 11 is 1.13. The van der Waals surface area contributed by atoms with Gasteiger partial charge in [0.1, 0.15) is 10.7 Å². The maximum Gasteiger partial charge on any atom is 0.347 e. The number of nitriles is 1. The summed E-state index contributed by atoms with van der Waals surface area (Å²) in [4.78, 5) is 14.7. The van der Waals surface area contributed by atoms with Gasteiger partial charge in [-0.15, -0.1) is 11.3 Å². The summed E-state index contributed by atoms with van der Waals surface area (Å²) in [6.07, 6.45) is 8.24. The smallest absolute Gasteiger partial charge is 0.347 e. The molecule has 4 nitrogen and oxygen atoms in total. The van der Waals surface area contributed by atoms with Gasteiger partial charge in [-0.05, 0) is 24.6 Å². The van der Waals surface area contributed by atoms with Crippen molar-refractivity contribution < 1.29 is 14.3 Å². The van der Waals surface area contributed by atoms with Crippen LogP contribution in [0.3, 0.4) is 0 Å². The van der Waals surface area contributed by atoms with Crippen molar-refractivity contribution in [3.8, 4) is 6.07 Å². The first-order valence-corrected chi connectivity index (χ1v) is 7.93. The first-order valence-electron chi connectivity index (χ1n) is 7.11. The molecule has 1 unspecified atom stereocenters. The Bertz CT molecular complexity index is 758. The number of benzene rings is 1. The zero-order valence-corrected chi connectivity index (χ0v) is 14.1. The Hall–Kier alpha value is -2.78. The molecule has 0 bridgehead atoms. The first kappa shape index (κ1) is 19.3. The van der Waals surface area contributed by atoms with Gasteiger partial charge in [0.2, 0.25) is 0 Å². The van der Waals surface area contributed by atoms with E-state index in [1.807, 2.05) is 32.1 Å². The number of carboxylic acids is 1. The van der Waals surface area contributed by atoms with Gasteiger partial charge < -0.3 is 5.11 Å². The molecule has 0 amide bonds. The normalized spacial score (nSPS) is 11.8. The van der Waals surface area contributed by atoms with E-state index in [2.05, 4.69) is 4.98 Å². The minimum absolute atomic E-state index is 0.0206. The highest BCUT2D eigenvalue weighted by Gasteiger charge is 2.11. The molecule has 2 aromatic rings. The summed E-state index contributed by atoms with van der Waals surface area (Å²) in [5.41, 5.74) is 1.03. The summed E-state index contributed by atoms with van der Waals surface area (Å²) in [6, 6.07) is 8.28. The Morgan fingerprint density at radius 2 is 2.08 bits per heavy atom. The molecule has 0 radical (unpaired) electrons. The van der Waals surface area contributed by atoms with E-state index < -0.39 is 5.97 Å². The van der Waals surface area contributed by atoms with Gasteiger partial charge in [0.25, 0.3) is 0 Å². The SMILES string of the molecule is C/C=C/c1ccc(F)cc1.CC(/C=C/C#N)c1ncc(C(=O)O)s1. The van der Waals surface area contributed by atoms with Gasteiger partial charge in [-0.3, -0.25) is 0 Å². The maximum absolute atomic E-state index is 12.3. The lowest BCUT2D eigenvalue weighted by atomic mass is 10.2. The number of hydrogen-bond donors (Lipinski definition) is 1. The van der Waals surface area contributed by atoms with Gasteiger partial charge in [-0.2, -0.15) is 5.26 Å². The van der Waals surface area contributed by atoms with Crippen LogP contribution in [-0.4, -0.2) is 16.1 Å². The minimum atomic E-state index is -0.967. The Labute approximate surface area is 144 Å². The van der Waals surface area contributed by atoms with Gasteiger partial charge in [0, 0.05) is 12.0 Å². The van der Waals surface area contributed by atoms with E-state index in [0.717, 1.165) is 16.9 Å². The Morgan fingerprint density at radius 1 is 1.42 bits per heavy atom. The second-order valence-electron chi connectivity index (χ2n) is 4.70. The summed E-state index contributed by atoms with van der Waals surface area (Å²) in [5.74, 6) is -1.17. The quantitative estimate of drug-likeness (QED) is 0.802. The van der Waals surface area contributed by atoms with Crippen LogP contribution in [0.15, 0.2) is 48.7 Å².